The Kier molecular flexibility index (Phi) is 2.66. The minimum Gasteiger partial charge on any atom is -0.239 e. The molecule has 0 saturated carbocycles. The first-order valence-electron chi connectivity index (χ1n) is 6.07. The van der Waals surface area contributed by atoms with Crippen LogP contribution in [-0.2, 0) is 0 Å². The molecule has 0 unspecified atom stereocenters. The molecule has 0 atom stereocenters. The van der Waals surface area contributed by atoms with Crippen molar-refractivity contribution >= 4 is 53.4 Å². The number of nitrogens with two attached hydrogens (primary N) is 1. The molecule has 4 aromatic rings. The molecule has 20 heavy (non-hydrogen) atoms. The molecule has 0 aliphatic rings. The molecule has 4 nitrogen and oxygen atoms in total. The van der Waals surface area contributed by atoms with Crippen LogP contribution < -0.4 is 10.9 Å². The molecule has 0 saturated heterocycles. The summed E-state index contributed by atoms with van der Waals surface area (Å²) in [6.07, 6.45) is 0. The van der Waals surface area contributed by atoms with Crippen LogP contribution in [0.15, 0.2) is 48.5 Å². The van der Waals surface area contributed by atoms with Gasteiger partial charge in [-0.05, 0) is 24.3 Å². The summed E-state index contributed by atoms with van der Waals surface area (Å²) in [5, 5.41) is 3.07. The molecular weight excluding hydrogens is 288 g/mol. The molecule has 0 aliphatic carbocycles. The van der Waals surface area contributed by atoms with Gasteiger partial charge in [-0.15, -0.1) is 0 Å². The summed E-state index contributed by atoms with van der Waals surface area (Å²) in [5.74, 6) is 6.17. The Morgan fingerprint density at radius 3 is 1.65 bits per heavy atom. The van der Waals surface area contributed by atoms with Crippen LogP contribution in [0, 0.1) is 0 Å². The van der Waals surface area contributed by atoms with Crippen molar-refractivity contribution in [3.63, 3.8) is 0 Å². The van der Waals surface area contributed by atoms with Crippen LogP contribution in [0.25, 0.3) is 20.4 Å². The number of hydrogen-bond acceptors (Lipinski definition) is 6. The number of nitrogens with zero attached hydrogens (tertiary/aromatic N) is 3. The minimum atomic E-state index is 0.755. The van der Waals surface area contributed by atoms with E-state index in [1.807, 2.05) is 48.5 Å². The molecule has 2 aromatic heterocycles. The molecule has 2 aromatic carbocycles. The SMILES string of the molecule is NN(c1nc2ccccc2s1)c1nc2ccccc2s1. The lowest BCUT2D eigenvalue weighted by Gasteiger charge is -2.09. The Bertz CT molecular complexity index is 756. The second kappa shape index (κ2) is 4.52. The van der Waals surface area contributed by atoms with E-state index in [0.717, 1.165) is 30.7 Å². The zero-order valence-corrected chi connectivity index (χ0v) is 12.0. The van der Waals surface area contributed by atoms with Gasteiger partial charge in [0.1, 0.15) is 0 Å². The number of fused-ring (bicyclic) bond motifs is 2. The van der Waals surface area contributed by atoms with Gasteiger partial charge in [0.25, 0.3) is 0 Å². The van der Waals surface area contributed by atoms with E-state index in [-0.39, 0.29) is 0 Å². The van der Waals surface area contributed by atoms with Crippen LogP contribution in [0.3, 0.4) is 0 Å². The summed E-state index contributed by atoms with van der Waals surface area (Å²) in [6.45, 7) is 0. The largest absolute Gasteiger partial charge is 0.239 e. The van der Waals surface area contributed by atoms with Crippen LogP contribution in [0.1, 0.15) is 0 Å². The monoisotopic (exact) mass is 298 g/mol. The number of anilines is 2. The third-order valence-electron chi connectivity index (χ3n) is 2.98. The van der Waals surface area contributed by atoms with Crippen LogP contribution in [0.2, 0.25) is 0 Å². The van der Waals surface area contributed by atoms with Gasteiger partial charge in [-0.2, -0.15) is 0 Å². The van der Waals surface area contributed by atoms with Gasteiger partial charge in [0.2, 0.25) is 10.3 Å². The summed E-state index contributed by atoms with van der Waals surface area (Å²) < 4.78 is 2.25. The highest BCUT2D eigenvalue weighted by molar-refractivity contribution is 7.24. The lowest BCUT2D eigenvalue weighted by Crippen LogP contribution is -2.24. The van der Waals surface area contributed by atoms with E-state index in [1.54, 1.807) is 27.7 Å². The standard InChI is InChI=1S/C14H10N4S2/c15-18(13-16-9-5-1-3-7-11(9)19-13)14-17-10-6-2-4-8-12(10)20-14/h1-8H,15H2. The van der Waals surface area contributed by atoms with E-state index >= 15 is 0 Å². The third-order valence-corrected chi connectivity index (χ3v) is 5.05. The van der Waals surface area contributed by atoms with Gasteiger partial charge in [0.05, 0.1) is 20.4 Å². The van der Waals surface area contributed by atoms with Crippen LogP contribution >= 0.6 is 22.7 Å². The van der Waals surface area contributed by atoms with Gasteiger partial charge in [-0.1, -0.05) is 46.9 Å². The maximum Gasteiger partial charge on any atom is 0.207 e. The first kappa shape index (κ1) is 11.8. The maximum atomic E-state index is 6.17. The van der Waals surface area contributed by atoms with Crippen molar-refractivity contribution in [3.05, 3.63) is 48.5 Å². The lowest BCUT2D eigenvalue weighted by atomic mass is 10.3. The number of benzene rings is 2. The molecule has 98 valence electrons. The molecule has 6 heteroatoms. The molecule has 0 aliphatic heterocycles. The molecule has 2 N–H and O–H groups in total. The topological polar surface area (TPSA) is 55.0 Å². The molecule has 0 spiro atoms. The van der Waals surface area contributed by atoms with E-state index < -0.39 is 0 Å². The molecule has 0 radical (unpaired) electrons. The van der Waals surface area contributed by atoms with Crippen molar-refractivity contribution in [1.82, 2.24) is 9.97 Å². The van der Waals surface area contributed by atoms with Crippen molar-refractivity contribution in [1.29, 1.82) is 0 Å². The molecular formula is C14H10N4S2. The minimum absolute atomic E-state index is 0.755. The third kappa shape index (κ3) is 1.85. The van der Waals surface area contributed by atoms with E-state index in [1.165, 1.54) is 0 Å². The summed E-state index contributed by atoms with van der Waals surface area (Å²) >= 11 is 3.13. The van der Waals surface area contributed by atoms with Crippen molar-refractivity contribution in [3.8, 4) is 0 Å². The van der Waals surface area contributed by atoms with Gasteiger partial charge < -0.3 is 0 Å². The Hall–Kier alpha value is -2.02. The number of hydrazine groups is 1. The smallest absolute Gasteiger partial charge is 0.207 e. The fourth-order valence-corrected chi connectivity index (χ4v) is 3.85. The van der Waals surface area contributed by atoms with Crippen LogP contribution in [-0.4, -0.2) is 9.97 Å². The van der Waals surface area contributed by atoms with Crippen molar-refractivity contribution < 1.29 is 0 Å². The molecule has 2 heterocycles. The number of aromatic nitrogens is 2. The Morgan fingerprint density at radius 1 is 0.750 bits per heavy atom. The summed E-state index contributed by atoms with van der Waals surface area (Å²) in [7, 11) is 0. The molecule has 0 amide bonds. The Balaban J connectivity index is 1.80. The van der Waals surface area contributed by atoms with Gasteiger partial charge in [-0.25, -0.2) is 20.8 Å². The quantitative estimate of drug-likeness (QED) is 0.450. The summed E-state index contributed by atoms with van der Waals surface area (Å²) in [6, 6.07) is 16.0. The predicted octanol–water partition coefficient (Wildman–Crippen LogP) is 3.92. The fourth-order valence-electron chi connectivity index (χ4n) is 2.01. The number of para-hydroxylation sites is 2. The lowest BCUT2D eigenvalue weighted by molar-refractivity contribution is 1.06. The fraction of sp³-hybridized carbons (Fsp3) is 0. The van der Waals surface area contributed by atoms with Crippen LogP contribution in [0.5, 0.6) is 0 Å². The van der Waals surface area contributed by atoms with E-state index in [0.29, 0.717) is 0 Å². The van der Waals surface area contributed by atoms with Crippen molar-refractivity contribution in [2.24, 2.45) is 5.84 Å². The van der Waals surface area contributed by atoms with Crippen LogP contribution in [0.4, 0.5) is 10.3 Å². The highest BCUT2D eigenvalue weighted by Crippen LogP contribution is 2.34. The molecule has 0 bridgehead atoms. The highest BCUT2D eigenvalue weighted by atomic mass is 32.1. The van der Waals surface area contributed by atoms with Gasteiger partial charge in [-0.3, -0.25) is 0 Å². The number of hydrogen-bond donors (Lipinski definition) is 1. The van der Waals surface area contributed by atoms with E-state index in [9.17, 15) is 0 Å². The van der Waals surface area contributed by atoms with E-state index in [2.05, 4.69) is 9.97 Å². The second-order valence-electron chi connectivity index (χ2n) is 4.30. The average Bonchev–Trinajstić information content (AvgIpc) is 3.10. The Labute approximate surface area is 123 Å². The van der Waals surface area contributed by atoms with Gasteiger partial charge >= 0.3 is 0 Å². The number of thiazole rings is 2. The maximum absolute atomic E-state index is 6.17. The molecule has 4 rings (SSSR count). The zero-order valence-electron chi connectivity index (χ0n) is 10.4. The highest BCUT2D eigenvalue weighted by Gasteiger charge is 2.14. The van der Waals surface area contributed by atoms with E-state index in [4.69, 9.17) is 5.84 Å². The first-order valence-corrected chi connectivity index (χ1v) is 7.70. The average molecular weight is 298 g/mol. The Morgan fingerprint density at radius 2 is 1.20 bits per heavy atom. The number of rotatable bonds is 2. The van der Waals surface area contributed by atoms with Gasteiger partial charge in [0.15, 0.2) is 0 Å². The van der Waals surface area contributed by atoms with Crippen molar-refractivity contribution in [2.45, 2.75) is 0 Å². The van der Waals surface area contributed by atoms with Crippen molar-refractivity contribution in [2.75, 3.05) is 5.01 Å². The zero-order chi connectivity index (χ0) is 13.5. The second-order valence-corrected chi connectivity index (χ2v) is 6.32. The summed E-state index contributed by atoms with van der Waals surface area (Å²) in [4.78, 5) is 9.09. The molecule has 0 fully saturated rings. The summed E-state index contributed by atoms with van der Waals surface area (Å²) in [5.41, 5.74) is 1.92. The van der Waals surface area contributed by atoms with Gasteiger partial charge in [0, 0.05) is 0 Å². The predicted molar refractivity (Wildman–Crippen MR) is 85.6 cm³/mol. The normalized spacial score (nSPS) is 11.2. The first-order chi connectivity index (χ1) is 9.81.